The standard InChI is InChI=1S/C10H10BrF3O/c1-6-2-7(5-15)3-9(8(6)4-11)10(12,13)14/h2-3,15H,4-5H2,1H3. The van der Waals surface area contributed by atoms with Crippen molar-refractivity contribution in [1.29, 1.82) is 0 Å². The third-order valence-electron chi connectivity index (χ3n) is 2.15. The maximum atomic E-state index is 12.6. The van der Waals surface area contributed by atoms with Gasteiger partial charge in [0.1, 0.15) is 0 Å². The van der Waals surface area contributed by atoms with E-state index in [1.54, 1.807) is 13.0 Å². The van der Waals surface area contributed by atoms with Gasteiger partial charge < -0.3 is 5.11 Å². The third-order valence-corrected chi connectivity index (χ3v) is 2.72. The van der Waals surface area contributed by atoms with Crippen LogP contribution in [-0.2, 0) is 18.1 Å². The van der Waals surface area contributed by atoms with Crippen molar-refractivity contribution in [3.8, 4) is 0 Å². The maximum Gasteiger partial charge on any atom is 0.416 e. The van der Waals surface area contributed by atoms with E-state index >= 15 is 0 Å². The van der Waals surface area contributed by atoms with Crippen molar-refractivity contribution < 1.29 is 18.3 Å². The van der Waals surface area contributed by atoms with Crippen LogP contribution in [0.15, 0.2) is 12.1 Å². The predicted octanol–water partition coefficient (Wildman–Crippen LogP) is 3.40. The zero-order valence-electron chi connectivity index (χ0n) is 8.03. The quantitative estimate of drug-likeness (QED) is 0.825. The number of aryl methyl sites for hydroxylation is 1. The summed E-state index contributed by atoms with van der Waals surface area (Å²) < 4.78 is 37.9. The van der Waals surface area contributed by atoms with Crippen molar-refractivity contribution in [2.24, 2.45) is 0 Å². The van der Waals surface area contributed by atoms with Gasteiger partial charge in [-0.3, -0.25) is 0 Å². The lowest BCUT2D eigenvalue weighted by Gasteiger charge is -2.15. The fraction of sp³-hybridized carbons (Fsp3) is 0.400. The van der Waals surface area contributed by atoms with E-state index in [0.717, 1.165) is 6.07 Å². The summed E-state index contributed by atoms with van der Waals surface area (Å²) in [5, 5.41) is 8.99. The molecule has 1 aromatic rings. The molecule has 1 nitrogen and oxygen atoms in total. The molecule has 0 aliphatic rings. The van der Waals surface area contributed by atoms with Gasteiger partial charge in [-0.15, -0.1) is 0 Å². The van der Waals surface area contributed by atoms with Crippen LogP contribution in [0.25, 0.3) is 0 Å². The van der Waals surface area contributed by atoms with Gasteiger partial charge in [-0.05, 0) is 29.7 Å². The van der Waals surface area contributed by atoms with Crippen molar-refractivity contribution in [3.63, 3.8) is 0 Å². The summed E-state index contributed by atoms with van der Waals surface area (Å²) >= 11 is 3.04. The summed E-state index contributed by atoms with van der Waals surface area (Å²) in [7, 11) is 0. The molecule has 0 saturated heterocycles. The summed E-state index contributed by atoms with van der Waals surface area (Å²) in [4.78, 5) is 0. The number of halogens is 4. The molecule has 1 N–H and O–H groups in total. The minimum atomic E-state index is -4.38. The second-order valence-corrected chi connectivity index (χ2v) is 3.79. The molecule has 1 rings (SSSR count). The van der Waals surface area contributed by atoms with Crippen molar-refractivity contribution in [1.82, 2.24) is 0 Å². The first-order valence-electron chi connectivity index (χ1n) is 4.26. The molecule has 1 aromatic carbocycles. The molecule has 0 aromatic heterocycles. The number of benzene rings is 1. The van der Waals surface area contributed by atoms with Gasteiger partial charge in [0.25, 0.3) is 0 Å². The van der Waals surface area contributed by atoms with Crippen LogP contribution in [0, 0.1) is 6.92 Å². The monoisotopic (exact) mass is 282 g/mol. The molecule has 84 valence electrons. The fourth-order valence-corrected chi connectivity index (χ4v) is 2.16. The Morgan fingerprint density at radius 3 is 2.33 bits per heavy atom. The van der Waals surface area contributed by atoms with Crippen LogP contribution in [0.1, 0.15) is 22.3 Å². The van der Waals surface area contributed by atoms with Gasteiger partial charge in [0.05, 0.1) is 12.2 Å². The van der Waals surface area contributed by atoms with Crippen LogP contribution in [0.4, 0.5) is 13.2 Å². The van der Waals surface area contributed by atoms with Gasteiger partial charge >= 0.3 is 6.18 Å². The van der Waals surface area contributed by atoms with Gasteiger partial charge in [0.15, 0.2) is 0 Å². The van der Waals surface area contributed by atoms with Crippen molar-refractivity contribution in [2.45, 2.75) is 25.0 Å². The lowest BCUT2D eigenvalue weighted by molar-refractivity contribution is -0.138. The van der Waals surface area contributed by atoms with E-state index in [1.807, 2.05) is 0 Å². The zero-order chi connectivity index (χ0) is 11.6. The average molecular weight is 283 g/mol. The molecule has 0 bridgehead atoms. The van der Waals surface area contributed by atoms with Gasteiger partial charge in [0.2, 0.25) is 0 Å². The number of rotatable bonds is 2. The minimum Gasteiger partial charge on any atom is -0.392 e. The molecule has 0 amide bonds. The molecule has 0 fully saturated rings. The lowest BCUT2D eigenvalue weighted by Crippen LogP contribution is -2.10. The summed E-state index contributed by atoms with van der Waals surface area (Å²) in [5.41, 5.74) is 0.360. The SMILES string of the molecule is Cc1cc(CO)cc(C(F)(F)F)c1CBr. The van der Waals surface area contributed by atoms with Gasteiger partial charge in [-0.2, -0.15) is 13.2 Å². The smallest absolute Gasteiger partial charge is 0.392 e. The van der Waals surface area contributed by atoms with E-state index in [2.05, 4.69) is 15.9 Å². The van der Waals surface area contributed by atoms with E-state index < -0.39 is 11.7 Å². The second kappa shape index (κ2) is 4.53. The Balaban J connectivity index is 3.39. The topological polar surface area (TPSA) is 20.2 Å². The van der Waals surface area contributed by atoms with E-state index in [-0.39, 0.29) is 23.1 Å². The molecule has 0 radical (unpaired) electrons. The molecule has 5 heteroatoms. The third kappa shape index (κ3) is 2.72. The van der Waals surface area contributed by atoms with Crippen LogP contribution in [0.5, 0.6) is 0 Å². The molecular weight excluding hydrogens is 273 g/mol. The number of hydrogen-bond acceptors (Lipinski definition) is 1. The number of aliphatic hydroxyl groups is 1. The zero-order valence-corrected chi connectivity index (χ0v) is 9.61. The second-order valence-electron chi connectivity index (χ2n) is 3.23. The molecule has 15 heavy (non-hydrogen) atoms. The van der Waals surface area contributed by atoms with Gasteiger partial charge in [-0.1, -0.05) is 22.0 Å². The molecule has 0 spiro atoms. The summed E-state index contributed by atoms with van der Waals surface area (Å²) in [6.07, 6.45) is -4.38. The van der Waals surface area contributed by atoms with E-state index in [4.69, 9.17) is 5.11 Å². The first kappa shape index (κ1) is 12.5. The van der Waals surface area contributed by atoms with E-state index in [1.165, 1.54) is 0 Å². The summed E-state index contributed by atoms with van der Waals surface area (Å²) in [5.74, 6) is 0. The number of aliphatic hydroxyl groups excluding tert-OH is 1. The Bertz CT molecular complexity index is 360. The summed E-state index contributed by atoms with van der Waals surface area (Å²) in [6, 6.07) is 2.55. The first-order valence-corrected chi connectivity index (χ1v) is 5.38. The molecule has 0 saturated carbocycles. The Kier molecular flexibility index (Phi) is 3.78. The highest BCUT2D eigenvalue weighted by molar-refractivity contribution is 9.08. The Labute approximate surface area is 94.0 Å². The largest absolute Gasteiger partial charge is 0.416 e. The molecule has 0 aliphatic heterocycles. The molecule has 0 atom stereocenters. The van der Waals surface area contributed by atoms with Gasteiger partial charge in [0, 0.05) is 5.33 Å². The van der Waals surface area contributed by atoms with Crippen LogP contribution in [0.2, 0.25) is 0 Å². The number of alkyl halides is 4. The highest BCUT2D eigenvalue weighted by Gasteiger charge is 2.33. The molecule has 0 heterocycles. The van der Waals surface area contributed by atoms with Crippen LogP contribution in [-0.4, -0.2) is 5.11 Å². The number of hydrogen-bond donors (Lipinski definition) is 1. The Morgan fingerprint density at radius 2 is 1.93 bits per heavy atom. The minimum absolute atomic E-state index is 0.152. The van der Waals surface area contributed by atoms with E-state index in [0.29, 0.717) is 5.56 Å². The summed E-state index contributed by atoms with van der Waals surface area (Å²) in [6.45, 7) is 1.22. The van der Waals surface area contributed by atoms with Crippen LogP contribution >= 0.6 is 15.9 Å². The molecular formula is C10H10BrF3O. The van der Waals surface area contributed by atoms with Crippen LogP contribution < -0.4 is 0 Å². The molecule has 0 unspecified atom stereocenters. The maximum absolute atomic E-state index is 12.6. The van der Waals surface area contributed by atoms with E-state index in [9.17, 15) is 13.2 Å². The predicted molar refractivity (Wildman–Crippen MR) is 54.7 cm³/mol. The highest BCUT2D eigenvalue weighted by Crippen LogP contribution is 2.35. The average Bonchev–Trinajstić information content (AvgIpc) is 2.15. The molecule has 0 aliphatic carbocycles. The highest BCUT2D eigenvalue weighted by atomic mass is 79.9. The lowest BCUT2D eigenvalue weighted by atomic mass is 9.99. The fourth-order valence-electron chi connectivity index (χ4n) is 1.41. The normalized spacial score (nSPS) is 11.9. The Morgan fingerprint density at radius 1 is 1.33 bits per heavy atom. The van der Waals surface area contributed by atoms with Gasteiger partial charge in [-0.25, -0.2) is 0 Å². The van der Waals surface area contributed by atoms with Crippen molar-refractivity contribution in [3.05, 3.63) is 34.4 Å². The van der Waals surface area contributed by atoms with Crippen LogP contribution in [0.3, 0.4) is 0 Å². The first-order chi connectivity index (χ1) is 6.90. The van der Waals surface area contributed by atoms with Crippen molar-refractivity contribution >= 4 is 15.9 Å². The Hall–Kier alpha value is -0.550. The van der Waals surface area contributed by atoms with Crippen molar-refractivity contribution in [2.75, 3.05) is 0 Å².